The maximum atomic E-state index is 10.6. The lowest BCUT2D eigenvalue weighted by Gasteiger charge is -2.27. The minimum absolute atomic E-state index is 0.236. The molecule has 0 saturated heterocycles. The van der Waals surface area contributed by atoms with E-state index in [4.69, 9.17) is 0 Å². The van der Waals surface area contributed by atoms with Crippen molar-refractivity contribution in [3.05, 3.63) is 27.1 Å². The molecule has 0 bridgehead atoms. The normalized spacial score (nSPS) is 23.4. The fourth-order valence-corrected chi connectivity index (χ4v) is 3.59. The molecule has 0 spiro atoms. The summed E-state index contributed by atoms with van der Waals surface area (Å²) in [6.45, 7) is 4.08. The van der Waals surface area contributed by atoms with Crippen molar-refractivity contribution in [3.8, 4) is 0 Å². The van der Waals surface area contributed by atoms with Crippen LogP contribution < -0.4 is 5.32 Å². The molecule has 0 aromatic carbocycles. The average Bonchev–Trinajstić information content (AvgIpc) is 2.89. The molecule has 1 saturated carbocycles. The van der Waals surface area contributed by atoms with Gasteiger partial charge in [-0.1, -0.05) is 37.5 Å². The summed E-state index contributed by atoms with van der Waals surface area (Å²) in [6.07, 6.45) is 6.71. The van der Waals surface area contributed by atoms with Crippen LogP contribution in [-0.2, 0) is 6.54 Å². The monoisotopic (exact) mass is 282 g/mol. The molecule has 0 aliphatic heterocycles. The fraction of sp³-hybridized carbons (Fsp3) is 0.714. The highest BCUT2D eigenvalue weighted by atomic mass is 32.1. The molecule has 106 valence electrons. The second-order valence-electron chi connectivity index (χ2n) is 5.42. The van der Waals surface area contributed by atoms with Crippen LogP contribution in [0.2, 0.25) is 0 Å². The molecule has 2 rings (SSSR count). The Morgan fingerprint density at radius 2 is 2.00 bits per heavy atom. The van der Waals surface area contributed by atoms with E-state index in [9.17, 15) is 10.1 Å². The highest BCUT2D eigenvalue weighted by Crippen LogP contribution is 2.30. The highest BCUT2D eigenvalue weighted by molar-refractivity contribution is 7.15. The summed E-state index contributed by atoms with van der Waals surface area (Å²) in [5.74, 6) is 1.73. The van der Waals surface area contributed by atoms with Crippen LogP contribution in [0.4, 0.5) is 5.00 Å². The Morgan fingerprint density at radius 1 is 1.32 bits per heavy atom. The van der Waals surface area contributed by atoms with Gasteiger partial charge in [0.25, 0.3) is 0 Å². The topological polar surface area (TPSA) is 55.2 Å². The first kappa shape index (κ1) is 14.5. The third-order valence-electron chi connectivity index (χ3n) is 4.10. The van der Waals surface area contributed by atoms with Crippen LogP contribution in [0.25, 0.3) is 0 Å². The van der Waals surface area contributed by atoms with Crippen LogP contribution in [0.1, 0.15) is 43.9 Å². The molecule has 0 unspecified atom stereocenters. The van der Waals surface area contributed by atoms with Gasteiger partial charge in [-0.15, -0.1) is 0 Å². The number of nitro groups is 1. The first-order valence-corrected chi connectivity index (χ1v) is 7.94. The van der Waals surface area contributed by atoms with E-state index in [0.717, 1.165) is 29.8 Å². The molecule has 1 heterocycles. The van der Waals surface area contributed by atoms with E-state index in [1.165, 1.54) is 43.4 Å². The molecule has 4 nitrogen and oxygen atoms in total. The Labute approximate surface area is 118 Å². The van der Waals surface area contributed by atoms with Crippen LogP contribution >= 0.6 is 11.3 Å². The summed E-state index contributed by atoms with van der Waals surface area (Å²) in [7, 11) is 0. The van der Waals surface area contributed by atoms with E-state index in [1.807, 2.05) is 6.07 Å². The SMILES string of the molecule is CCC1CCC(CNCc2ccc([N+](=O)[O-])s2)CC1. The van der Waals surface area contributed by atoms with Gasteiger partial charge in [0.15, 0.2) is 0 Å². The van der Waals surface area contributed by atoms with Crippen LogP contribution in [-0.4, -0.2) is 11.5 Å². The maximum Gasteiger partial charge on any atom is 0.324 e. The fourth-order valence-electron chi connectivity index (χ4n) is 2.80. The summed E-state index contributed by atoms with van der Waals surface area (Å²) < 4.78 is 0. The van der Waals surface area contributed by atoms with Gasteiger partial charge in [-0.3, -0.25) is 10.1 Å². The van der Waals surface area contributed by atoms with E-state index in [2.05, 4.69) is 12.2 Å². The number of nitrogens with one attached hydrogen (secondary N) is 1. The van der Waals surface area contributed by atoms with Gasteiger partial charge in [-0.05, 0) is 37.3 Å². The van der Waals surface area contributed by atoms with Crippen molar-refractivity contribution >= 4 is 16.3 Å². The number of nitrogens with zero attached hydrogens (tertiary/aromatic N) is 1. The minimum Gasteiger partial charge on any atom is -0.312 e. The number of rotatable bonds is 6. The lowest BCUT2D eigenvalue weighted by molar-refractivity contribution is -0.380. The third-order valence-corrected chi connectivity index (χ3v) is 5.14. The molecule has 0 atom stereocenters. The number of thiophene rings is 1. The van der Waals surface area contributed by atoms with E-state index in [1.54, 1.807) is 6.07 Å². The lowest BCUT2D eigenvalue weighted by atomic mass is 9.81. The predicted molar refractivity (Wildman–Crippen MR) is 78.4 cm³/mol. The van der Waals surface area contributed by atoms with Crippen molar-refractivity contribution in [2.45, 2.75) is 45.6 Å². The van der Waals surface area contributed by atoms with Crippen LogP contribution in [0.3, 0.4) is 0 Å². The Hall–Kier alpha value is -0.940. The summed E-state index contributed by atoms with van der Waals surface area (Å²) in [5.41, 5.74) is 0. The summed E-state index contributed by atoms with van der Waals surface area (Å²) >= 11 is 1.27. The molecule has 19 heavy (non-hydrogen) atoms. The first-order chi connectivity index (χ1) is 9.19. The van der Waals surface area contributed by atoms with E-state index in [-0.39, 0.29) is 9.92 Å². The molecule has 5 heteroatoms. The van der Waals surface area contributed by atoms with Crippen LogP contribution in [0.5, 0.6) is 0 Å². The zero-order chi connectivity index (χ0) is 13.7. The van der Waals surface area contributed by atoms with Gasteiger partial charge in [-0.2, -0.15) is 0 Å². The zero-order valence-electron chi connectivity index (χ0n) is 11.4. The third kappa shape index (κ3) is 4.28. The van der Waals surface area contributed by atoms with Crippen molar-refractivity contribution in [3.63, 3.8) is 0 Å². The van der Waals surface area contributed by atoms with Crippen molar-refractivity contribution < 1.29 is 4.92 Å². The molecule has 1 aromatic rings. The van der Waals surface area contributed by atoms with Gasteiger partial charge in [0.1, 0.15) is 0 Å². The Kier molecular flexibility index (Phi) is 5.34. The van der Waals surface area contributed by atoms with Gasteiger partial charge in [0.2, 0.25) is 0 Å². The molecular weight excluding hydrogens is 260 g/mol. The van der Waals surface area contributed by atoms with E-state index < -0.39 is 0 Å². The van der Waals surface area contributed by atoms with Gasteiger partial charge < -0.3 is 5.32 Å². The van der Waals surface area contributed by atoms with Crippen molar-refractivity contribution in [2.24, 2.45) is 11.8 Å². The van der Waals surface area contributed by atoms with Crippen molar-refractivity contribution in [1.82, 2.24) is 5.32 Å². The quantitative estimate of drug-likeness (QED) is 0.634. The lowest BCUT2D eigenvalue weighted by Crippen LogP contribution is -2.25. The van der Waals surface area contributed by atoms with Gasteiger partial charge in [-0.25, -0.2) is 0 Å². The highest BCUT2D eigenvalue weighted by Gasteiger charge is 2.19. The molecule has 1 aliphatic carbocycles. The Morgan fingerprint density at radius 3 is 2.58 bits per heavy atom. The molecule has 1 N–H and O–H groups in total. The predicted octanol–water partition coefficient (Wildman–Crippen LogP) is 3.96. The van der Waals surface area contributed by atoms with Crippen molar-refractivity contribution in [2.75, 3.05) is 6.54 Å². The molecule has 1 aliphatic rings. The first-order valence-electron chi connectivity index (χ1n) is 7.12. The van der Waals surface area contributed by atoms with E-state index in [0.29, 0.717) is 0 Å². The summed E-state index contributed by atoms with van der Waals surface area (Å²) in [6, 6.07) is 3.44. The Balaban J connectivity index is 1.67. The average molecular weight is 282 g/mol. The molecular formula is C14H22N2O2S. The zero-order valence-corrected chi connectivity index (χ0v) is 12.2. The second-order valence-corrected chi connectivity index (χ2v) is 6.57. The molecule has 1 fully saturated rings. The standard InChI is InChI=1S/C14H22N2O2S/c1-2-11-3-5-12(6-4-11)9-15-10-13-7-8-14(19-13)16(17)18/h7-8,11-12,15H,2-6,9-10H2,1H3. The van der Waals surface area contributed by atoms with Crippen LogP contribution in [0, 0.1) is 22.0 Å². The second kappa shape index (κ2) is 7.01. The summed E-state index contributed by atoms with van der Waals surface area (Å²) in [5, 5.41) is 14.3. The largest absolute Gasteiger partial charge is 0.324 e. The molecule has 0 radical (unpaired) electrons. The number of hydrogen-bond acceptors (Lipinski definition) is 4. The Bertz CT molecular complexity index is 411. The summed E-state index contributed by atoms with van der Waals surface area (Å²) in [4.78, 5) is 11.3. The smallest absolute Gasteiger partial charge is 0.312 e. The van der Waals surface area contributed by atoms with Gasteiger partial charge in [0, 0.05) is 17.5 Å². The molecule has 1 aromatic heterocycles. The molecule has 0 amide bonds. The minimum atomic E-state index is -0.319. The van der Waals surface area contributed by atoms with Crippen LogP contribution in [0.15, 0.2) is 12.1 Å². The number of hydrogen-bond donors (Lipinski definition) is 1. The maximum absolute atomic E-state index is 10.6. The van der Waals surface area contributed by atoms with E-state index >= 15 is 0 Å². The van der Waals surface area contributed by atoms with Gasteiger partial charge in [0.05, 0.1) is 4.92 Å². The van der Waals surface area contributed by atoms with Crippen molar-refractivity contribution in [1.29, 1.82) is 0 Å². The van der Waals surface area contributed by atoms with Gasteiger partial charge >= 0.3 is 5.00 Å².